The predicted molar refractivity (Wildman–Crippen MR) is 57.8 cm³/mol. The van der Waals surface area contributed by atoms with Crippen molar-refractivity contribution in [3.8, 4) is 0 Å². The first kappa shape index (κ1) is 12.3. The normalized spacial score (nSPS) is 11.2. The third kappa shape index (κ3) is 2.62. The van der Waals surface area contributed by atoms with Crippen molar-refractivity contribution < 1.29 is 19.4 Å². The molecule has 1 N–H and O–H groups in total. The Hall–Kier alpha value is -1.78. The van der Waals surface area contributed by atoms with Crippen molar-refractivity contribution in [1.29, 1.82) is 0 Å². The number of ether oxygens (including phenoxy) is 1. The molecular formula is C11H15NO4. The van der Waals surface area contributed by atoms with Crippen LogP contribution in [0.5, 0.6) is 0 Å². The Labute approximate surface area is 93.6 Å². The SMILES string of the molecule is Cc1c(C(=O)O)ccn1C(=O)OC(C)(C)C. The van der Waals surface area contributed by atoms with E-state index in [2.05, 4.69) is 0 Å². The minimum absolute atomic E-state index is 0.103. The number of aromatic nitrogens is 1. The second-order valence-electron chi connectivity index (χ2n) is 4.47. The van der Waals surface area contributed by atoms with E-state index in [1.807, 2.05) is 0 Å². The van der Waals surface area contributed by atoms with E-state index in [0.29, 0.717) is 5.69 Å². The van der Waals surface area contributed by atoms with E-state index >= 15 is 0 Å². The first-order valence-electron chi connectivity index (χ1n) is 4.87. The largest absolute Gasteiger partial charge is 0.478 e. The highest BCUT2D eigenvalue weighted by Gasteiger charge is 2.21. The maximum absolute atomic E-state index is 11.7. The summed E-state index contributed by atoms with van der Waals surface area (Å²) in [5.41, 5.74) is -0.135. The lowest BCUT2D eigenvalue weighted by atomic mass is 10.2. The number of hydrogen-bond acceptors (Lipinski definition) is 3. The molecule has 0 amide bonds. The van der Waals surface area contributed by atoms with Crippen LogP contribution in [0.4, 0.5) is 4.79 Å². The molecular weight excluding hydrogens is 210 g/mol. The summed E-state index contributed by atoms with van der Waals surface area (Å²) in [6, 6.07) is 1.38. The number of carboxylic acids is 1. The first-order valence-corrected chi connectivity index (χ1v) is 4.87. The Kier molecular flexibility index (Phi) is 3.07. The van der Waals surface area contributed by atoms with Gasteiger partial charge in [0, 0.05) is 11.9 Å². The number of rotatable bonds is 1. The summed E-state index contributed by atoms with van der Waals surface area (Å²) in [5, 5.41) is 8.83. The summed E-state index contributed by atoms with van der Waals surface area (Å²) in [7, 11) is 0. The number of nitrogens with zero attached hydrogens (tertiary/aromatic N) is 1. The third-order valence-corrected chi connectivity index (χ3v) is 1.96. The molecule has 0 radical (unpaired) electrons. The molecule has 5 heteroatoms. The predicted octanol–water partition coefficient (Wildman–Crippen LogP) is 2.28. The second-order valence-corrected chi connectivity index (χ2v) is 4.47. The lowest BCUT2D eigenvalue weighted by molar-refractivity contribution is 0.0534. The highest BCUT2D eigenvalue weighted by Crippen LogP contribution is 2.14. The van der Waals surface area contributed by atoms with Gasteiger partial charge in [-0.25, -0.2) is 9.59 Å². The van der Waals surface area contributed by atoms with Crippen LogP contribution in [0.1, 0.15) is 36.8 Å². The highest BCUT2D eigenvalue weighted by atomic mass is 16.6. The number of aromatic carboxylic acids is 1. The molecule has 1 rings (SSSR count). The smallest absolute Gasteiger partial charge is 0.418 e. The number of carboxylic acid groups (broad SMARTS) is 1. The Bertz CT molecular complexity index is 426. The molecule has 5 nitrogen and oxygen atoms in total. The van der Waals surface area contributed by atoms with E-state index in [0.717, 1.165) is 0 Å². The molecule has 0 saturated carbocycles. The molecule has 88 valence electrons. The molecule has 0 aromatic carbocycles. The van der Waals surface area contributed by atoms with Crippen LogP contribution in [0.15, 0.2) is 12.3 Å². The minimum Gasteiger partial charge on any atom is -0.478 e. The molecule has 0 atom stereocenters. The molecule has 0 unspecified atom stereocenters. The zero-order valence-electron chi connectivity index (χ0n) is 9.77. The molecule has 0 bridgehead atoms. The Balaban J connectivity index is 2.98. The van der Waals surface area contributed by atoms with Gasteiger partial charge in [0.2, 0.25) is 0 Å². The quantitative estimate of drug-likeness (QED) is 0.796. The average molecular weight is 225 g/mol. The van der Waals surface area contributed by atoms with E-state index in [1.165, 1.54) is 16.8 Å². The van der Waals surface area contributed by atoms with Gasteiger partial charge in [0.05, 0.1) is 5.56 Å². The average Bonchev–Trinajstić information content (AvgIpc) is 2.43. The molecule has 0 aliphatic heterocycles. The van der Waals surface area contributed by atoms with Crippen LogP contribution in [0, 0.1) is 6.92 Å². The van der Waals surface area contributed by atoms with Crippen molar-refractivity contribution in [1.82, 2.24) is 4.57 Å². The standard InChI is InChI=1S/C11H15NO4/c1-7-8(9(13)14)5-6-12(7)10(15)16-11(2,3)4/h5-6H,1-4H3,(H,13,14). The molecule has 0 fully saturated rings. The van der Waals surface area contributed by atoms with Crippen LogP contribution in [-0.2, 0) is 4.74 Å². The Morgan fingerprint density at radius 3 is 2.31 bits per heavy atom. The Morgan fingerprint density at radius 1 is 1.38 bits per heavy atom. The van der Waals surface area contributed by atoms with Crippen molar-refractivity contribution in [3.05, 3.63) is 23.5 Å². The number of hydrogen-bond donors (Lipinski definition) is 1. The van der Waals surface area contributed by atoms with Crippen LogP contribution in [0.2, 0.25) is 0 Å². The van der Waals surface area contributed by atoms with Gasteiger partial charge >= 0.3 is 12.1 Å². The van der Waals surface area contributed by atoms with E-state index in [9.17, 15) is 9.59 Å². The molecule has 1 aromatic heterocycles. The van der Waals surface area contributed by atoms with Crippen molar-refractivity contribution in [3.63, 3.8) is 0 Å². The number of carbonyl (C=O) groups excluding carboxylic acids is 1. The van der Waals surface area contributed by atoms with Crippen LogP contribution < -0.4 is 0 Å². The monoisotopic (exact) mass is 225 g/mol. The summed E-state index contributed by atoms with van der Waals surface area (Å²) in [4.78, 5) is 22.4. The molecule has 0 aliphatic rings. The molecule has 1 heterocycles. The van der Waals surface area contributed by atoms with Crippen molar-refractivity contribution in [2.24, 2.45) is 0 Å². The van der Waals surface area contributed by atoms with Crippen molar-refractivity contribution >= 4 is 12.1 Å². The molecule has 0 saturated heterocycles. The van der Waals surface area contributed by atoms with Gasteiger partial charge in [-0.3, -0.25) is 4.57 Å². The van der Waals surface area contributed by atoms with Gasteiger partial charge in [0.15, 0.2) is 0 Å². The van der Waals surface area contributed by atoms with Crippen LogP contribution in [-0.4, -0.2) is 27.3 Å². The highest BCUT2D eigenvalue weighted by molar-refractivity contribution is 5.90. The summed E-state index contributed by atoms with van der Waals surface area (Å²) in [5.74, 6) is -1.06. The van der Waals surface area contributed by atoms with Crippen molar-refractivity contribution in [2.75, 3.05) is 0 Å². The molecule has 1 aromatic rings. The van der Waals surface area contributed by atoms with Gasteiger partial charge in [-0.05, 0) is 33.8 Å². The molecule has 0 aliphatic carbocycles. The van der Waals surface area contributed by atoms with Crippen LogP contribution in [0.25, 0.3) is 0 Å². The summed E-state index contributed by atoms with van der Waals surface area (Å²) in [6.07, 6.45) is 0.824. The fourth-order valence-corrected chi connectivity index (χ4v) is 1.25. The maximum atomic E-state index is 11.7. The molecule has 0 spiro atoms. The second kappa shape index (κ2) is 4.00. The Morgan fingerprint density at radius 2 is 1.94 bits per heavy atom. The van der Waals surface area contributed by atoms with E-state index < -0.39 is 17.7 Å². The van der Waals surface area contributed by atoms with Crippen LogP contribution in [0.3, 0.4) is 0 Å². The fourth-order valence-electron chi connectivity index (χ4n) is 1.25. The third-order valence-electron chi connectivity index (χ3n) is 1.96. The van der Waals surface area contributed by atoms with Gasteiger partial charge in [0.1, 0.15) is 5.60 Å². The zero-order chi connectivity index (χ0) is 12.5. The maximum Gasteiger partial charge on any atom is 0.418 e. The van der Waals surface area contributed by atoms with Gasteiger partial charge < -0.3 is 9.84 Å². The zero-order valence-corrected chi connectivity index (χ0v) is 9.77. The van der Waals surface area contributed by atoms with Gasteiger partial charge in [0.25, 0.3) is 0 Å². The number of carbonyl (C=O) groups is 2. The van der Waals surface area contributed by atoms with Gasteiger partial charge in [-0.1, -0.05) is 0 Å². The topological polar surface area (TPSA) is 68.5 Å². The van der Waals surface area contributed by atoms with E-state index in [1.54, 1.807) is 27.7 Å². The first-order chi connectivity index (χ1) is 7.22. The molecule has 16 heavy (non-hydrogen) atoms. The van der Waals surface area contributed by atoms with Crippen molar-refractivity contribution in [2.45, 2.75) is 33.3 Å². The summed E-state index contributed by atoms with van der Waals surface area (Å²) in [6.45, 7) is 6.82. The van der Waals surface area contributed by atoms with Gasteiger partial charge in [-0.15, -0.1) is 0 Å². The summed E-state index contributed by atoms with van der Waals surface area (Å²) >= 11 is 0. The lowest BCUT2D eigenvalue weighted by Gasteiger charge is -2.20. The summed E-state index contributed by atoms with van der Waals surface area (Å²) < 4.78 is 6.32. The minimum atomic E-state index is -1.06. The lowest BCUT2D eigenvalue weighted by Crippen LogP contribution is -2.27. The van der Waals surface area contributed by atoms with Gasteiger partial charge in [-0.2, -0.15) is 0 Å². The van der Waals surface area contributed by atoms with E-state index in [-0.39, 0.29) is 5.56 Å². The van der Waals surface area contributed by atoms with Crippen LogP contribution >= 0.6 is 0 Å². The fraction of sp³-hybridized carbons (Fsp3) is 0.455. The van der Waals surface area contributed by atoms with E-state index in [4.69, 9.17) is 9.84 Å².